The second-order valence-corrected chi connectivity index (χ2v) is 6.19. The summed E-state index contributed by atoms with van der Waals surface area (Å²) in [6.45, 7) is 12.0. The normalized spacial score (nSPS) is 13.2. The SMILES string of the molecule is CCOc1ccc(C(Br)C(C)(C)CC)cc1OCC. The Hall–Kier alpha value is -0.700. The summed E-state index contributed by atoms with van der Waals surface area (Å²) in [5, 5.41) is 0. The van der Waals surface area contributed by atoms with Gasteiger partial charge in [0.05, 0.1) is 13.2 Å². The number of hydrogen-bond acceptors (Lipinski definition) is 2. The molecule has 1 aromatic carbocycles. The van der Waals surface area contributed by atoms with Crippen molar-refractivity contribution in [3.05, 3.63) is 23.8 Å². The number of hydrogen-bond donors (Lipinski definition) is 0. The minimum absolute atomic E-state index is 0.205. The molecule has 0 aliphatic rings. The zero-order valence-electron chi connectivity index (χ0n) is 12.6. The Morgan fingerprint density at radius 1 is 1.05 bits per heavy atom. The zero-order chi connectivity index (χ0) is 14.5. The van der Waals surface area contributed by atoms with Crippen molar-refractivity contribution in [1.29, 1.82) is 0 Å². The van der Waals surface area contributed by atoms with Gasteiger partial charge in [0.1, 0.15) is 0 Å². The maximum atomic E-state index is 5.68. The number of alkyl halides is 1. The van der Waals surface area contributed by atoms with Crippen molar-refractivity contribution in [2.24, 2.45) is 5.41 Å². The molecule has 0 aliphatic carbocycles. The molecule has 3 heteroatoms. The zero-order valence-corrected chi connectivity index (χ0v) is 14.2. The smallest absolute Gasteiger partial charge is 0.161 e. The molecule has 0 saturated carbocycles. The Bertz CT molecular complexity index is 402. The predicted molar refractivity (Wildman–Crippen MR) is 84.5 cm³/mol. The highest BCUT2D eigenvalue weighted by molar-refractivity contribution is 9.09. The van der Waals surface area contributed by atoms with Crippen molar-refractivity contribution < 1.29 is 9.47 Å². The highest BCUT2D eigenvalue weighted by Gasteiger charge is 2.27. The number of benzene rings is 1. The Kier molecular flexibility index (Phi) is 6.18. The van der Waals surface area contributed by atoms with E-state index in [1.165, 1.54) is 5.56 Å². The average molecular weight is 329 g/mol. The van der Waals surface area contributed by atoms with Crippen molar-refractivity contribution in [1.82, 2.24) is 0 Å². The summed E-state index contributed by atoms with van der Waals surface area (Å²) < 4.78 is 11.3. The van der Waals surface area contributed by atoms with Gasteiger partial charge < -0.3 is 9.47 Å². The van der Waals surface area contributed by atoms with Gasteiger partial charge in [-0.1, -0.05) is 42.8 Å². The van der Waals surface area contributed by atoms with E-state index in [0.717, 1.165) is 17.9 Å². The fourth-order valence-corrected chi connectivity index (χ4v) is 2.46. The Labute approximate surface area is 125 Å². The molecule has 1 unspecified atom stereocenters. The highest BCUT2D eigenvalue weighted by Crippen LogP contribution is 2.44. The molecule has 1 aromatic rings. The third-order valence-electron chi connectivity index (χ3n) is 3.46. The highest BCUT2D eigenvalue weighted by atomic mass is 79.9. The van der Waals surface area contributed by atoms with Crippen LogP contribution in [0.15, 0.2) is 18.2 Å². The van der Waals surface area contributed by atoms with Gasteiger partial charge in [0.25, 0.3) is 0 Å². The van der Waals surface area contributed by atoms with Crippen LogP contribution in [0, 0.1) is 5.41 Å². The fourth-order valence-electron chi connectivity index (χ4n) is 1.86. The van der Waals surface area contributed by atoms with E-state index in [9.17, 15) is 0 Å². The molecule has 1 rings (SSSR count). The Balaban J connectivity index is 3.07. The van der Waals surface area contributed by atoms with Crippen molar-refractivity contribution >= 4 is 15.9 Å². The third kappa shape index (κ3) is 4.13. The van der Waals surface area contributed by atoms with Gasteiger partial charge in [-0.2, -0.15) is 0 Å². The first-order valence-electron chi connectivity index (χ1n) is 6.99. The van der Waals surface area contributed by atoms with Crippen LogP contribution < -0.4 is 9.47 Å². The molecule has 1 atom stereocenters. The van der Waals surface area contributed by atoms with Crippen molar-refractivity contribution in [2.75, 3.05) is 13.2 Å². The van der Waals surface area contributed by atoms with E-state index in [0.29, 0.717) is 18.0 Å². The van der Waals surface area contributed by atoms with Crippen LogP contribution in [0.3, 0.4) is 0 Å². The lowest BCUT2D eigenvalue weighted by molar-refractivity contribution is 0.286. The largest absolute Gasteiger partial charge is 0.490 e. The minimum Gasteiger partial charge on any atom is -0.490 e. The summed E-state index contributed by atoms with van der Waals surface area (Å²) in [6.07, 6.45) is 1.11. The quantitative estimate of drug-likeness (QED) is 0.627. The molecule has 0 saturated heterocycles. The minimum atomic E-state index is 0.205. The van der Waals surface area contributed by atoms with Gasteiger partial charge in [-0.3, -0.25) is 0 Å². The molecule has 108 valence electrons. The number of ether oxygens (including phenoxy) is 2. The van der Waals surface area contributed by atoms with Gasteiger partial charge in [0.15, 0.2) is 11.5 Å². The summed E-state index contributed by atoms with van der Waals surface area (Å²) in [7, 11) is 0. The van der Waals surface area contributed by atoms with Gasteiger partial charge in [0, 0.05) is 4.83 Å². The monoisotopic (exact) mass is 328 g/mol. The number of halogens is 1. The Morgan fingerprint density at radius 2 is 1.63 bits per heavy atom. The third-order valence-corrected chi connectivity index (χ3v) is 5.23. The maximum absolute atomic E-state index is 5.68. The van der Waals surface area contributed by atoms with Crippen LogP contribution in [0.4, 0.5) is 0 Å². The van der Waals surface area contributed by atoms with E-state index in [1.54, 1.807) is 0 Å². The molecular weight excluding hydrogens is 304 g/mol. The average Bonchev–Trinajstić information content (AvgIpc) is 2.40. The molecule has 0 aliphatic heterocycles. The summed E-state index contributed by atoms with van der Waals surface area (Å²) in [5.41, 5.74) is 1.44. The molecule has 2 nitrogen and oxygen atoms in total. The standard InChI is InChI=1S/C16H25BrO2/c1-6-16(4,5)15(17)12-9-10-13(18-7-2)14(11-12)19-8-3/h9-11,15H,6-8H2,1-5H3. The van der Waals surface area contributed by atoms with Crippen molar-refractivity contribution in [3.63, 3.8) is 0 Å². The van der Waals surface area contributed by atoms with Gasteiger partial charge in [-0.05, 0) is 43.4 Å². The molecule has 0 spiro atoms. The van der Waals surface area contributed by atoms with Gasteiger partial charge in [0.2, 0.25) is 0 Å². The van der Waals surface area contributed by atoms with E-state index >= 15 is 0 Å². The summed E-state index contributed by atoms with van der Waals surface area (Å²) in [5.74, 6) is 1.65. The van der Waals surface area contributed by atoms with Crippen molar-refractivity contribution in [3.8, 4) is 11.5 Å². The summed E-state index contributed by atoms with van der Waals surface area (Å²) >= 11 is 3.82. The molecule has 0 amide bonds. The van der Waals surface area contributed by atoms with Crippen LogP contribution in [0.1, 0.15) is 51.4 Å². The summed E-state index contributed by atoms with van der Waals surface area (Å²) in [4.78, 5) is 0.305. The van der Waals surface area contributed by atoms with E-state index in [1.807, 2.05) is 19.9 Å². The molecule has 0 aromatic heterocycles. The van der Waals surface area contributed by atoms with Gasteiger partial charge in [-0.25, -0.2) is 0 Å². The summed E-state index contributed by atoms with van der Waals surface area (Å²) in [6, 6.07) is 6.21. The lowest BCUT2D eigenvalue weighted by atomic mass is 9.83. The first kappa shape index (κ1) is 16.4. The molecule has 0 bridgehead atoms. The predicted octanol–water partition coefficient (Wildman–Crippen LogP) is 5.36. The molecule has 0 heterocycles. The first-order chi connectivity index (χ1) is 8.96. The van der Waals surface area contributed by atoms with Gasteiger partial charge in [-0.15, -0.1) is 0 Å². The van der Waals surface area contributed by atoms with Crippen LogP contribution in [-0.2, 0) is 0 Å². The molecular formula is C16H25BrO2. The van der Waals surface area contributed by atoms with Crippen LogP contribution in [0.2, 0.25) is 0 Å². The second kappa shape index (κ2) is 7.18. The second-order valence-electron chi connectivity index (χ2n) is 5.28. The lowest BCUT2D eigenvalue weighted by Crippen LogP contribution is -2.16. The van der Waals surface area contributed by atoms with Crippen molar-refractivity contribution in [2.45, 2.75) is 45.9 Å². The van der Waals surface area contributed by atoms with E-state index in [-0.39, 0.29) is 5.41 Å². The molecule has 0 radical (unpaired) electrons. The van der Waals surface area contributed by atoms with Crippen LogP contribution in [-0.4, -0.2) is 13.2 Å². The molecule has 0 N–H and O–H groups in total. The van der Waals surface area contributed by atoms with E-state index < -0.39 is 0 Å². The molecule has 0 fully saturated rings. The lowest BCUT2D eigenvalue weighted by Gasteiger charge is -2.29. The molecule has 19 heavy (non-hydrogen) atoms. The Morgan fingerprint density at radius 3 is 2.16 bits per heavy atom. The van der Waals surface area contributed by atoms with Crippen LogP contribution in [0.25, 0.3) is 0 Å². The van der Waals surface area contributed by atoms with E-state index in [4.69, 9.17) is 9.47 Å². The number of rotatable bonds is 7. The van der Waals surface area contributed by atoms with Crippen LogP contribution in [0.5, 0.6) is 11.5 Å². The first-order valence-corrected chi connectivity index (χ1v) is 7.91. The van der Waals surface area contributed by atoms with Gasteiger partial charge >= 0.3 is 0 Å². The topological polar surface area (TPSA) is 18.5 Å². The van der Waals surface area contributed by atoms with E-state index in [2.05, 4.69) is 48.8 Å². The fraction of sp³-hybridized carbons (Fsp3) is 0.625. The van der Waals surface area contributed by atoms with Crippen LogP contribution >= 0.6 is 15.9 Å². The maximum Gasteiger partial charge on any atom is 0.161 e.